The van der Waals surface area contributed by atoms with E-state index in [0.29, 0.717) is 6.54 Å². The molecule has 4 heteroatoms. The zero-order valence-corrected chi connectivity index (χ0v) is 7.21. The molecule has 1 aliphatic rings. The molecule has 1 saturated carbocycles. The van der Waals surface area contributed by atoms with Crippen molar-refractivity contribution in [1.29, 1.82) is 0 Å². The first-order chi connectivity index (χ1) is 5.80. The van der Waals surface area contributed by atoms with E-state index < -0.39 is 0 Å². The van der Waals surface area contributed by atoms with Crippen LogP contribution in [0.3, 0.4) is 0 Å². The molecule has 0 saturated heterocycles. The van der Waals surface area contributed by atoms with Gasteiger partial charge in [-0.25, -0.2) is 0 Å². The Hall–Kier alpha value is -0.900. The van der Waals surface area contributed by atoms with Crippen LogP contribution in [0.25, 0.3) is 0 Å². The van der Waals surface area contributed by atoms with Gasteiger partial charge in [0.05, 0.1) is 5.41 Å². The summed E-state index contributed by atoms with van der Waals surface area (Å²) in [5.41, 5.74) is 5.67. The summed E-state index contributed by atoms with van der Waals surface area (Å²) in [6.07, 6.45) is 3.01. The minimum Gasteiger partial charge on any atom is -0.339 e. The van der Waals surface area contributed by atoms with E-state index in [1.165, 1.54) is 0 Å². The number of hydrogen-bond acceptors (Lipinski definition) is 4. The predicted octanol–water partition coefficient (Wildman–Crippen LogP) is 0.622. The van der Waals surface area contributed by atoms with Gasteiger partial charge in [-0.1, -0.05) is 12.1 Å². The van der Waals surface area contributed by atoms with E-state index in [9.17, 15) is 0 Å². The molecule has 0 aliphatic heterocycles. The number of rotatable bonds is 3. The van der Waals surface area contributed by atoms with Crippen LogP contribution in [0.1, 0.15) is 31.5 Å². The van der Waals surface area contributed by atoms with Crippen molar-refractivity contribution < 1.29 is 4.52 Å². The molecule has 4 nitrogen and oxygen atoms in total. The molecule has 1 aromatic heterocycles. The van der Waals surface area contributed by atoms with E-state index in [-0.39, 0.29) is 5.41 Å². The van der Waals surface area contributed by atoms with Gasteiger partial charge in [0.2, 0.25) is 5.89 Å². The lowest BCUT2D eigenvalue weighted by molar-refractivity contribution is 0.343. The Bertz CT molecular complexity index is 278. The summed E-state index contributed by atoms with van der Waals surface area (Å²) >= 11 is 0. The van der Waals surface area contributed by atoms with Crippen LogP contribution in [0.5, 0.6) is 0 Å². The summed E-state index contributed by atoms with van der Waals surface area (Å²) in [5.74, 6) is 1.52. The first kappa shape index (κ1) is 7.73. The van der Waals surface area contributed by atoms with E-state index in [0.717, 1.165) is 31.0 Å². The summed E-state index contributed by atoms with van der Waals surface area (Å²) in [6.45, 7) is 2.63. The minimum absolute atomic E-state index is 0.0421. The van der Waals surface area contributed by atoms with Gasteiger partial charge in [-0.15, -0.1) is 0 Å². The summed E-state index contributed by atoms with van der Waals surface area (Å²) in [7, 11) is 0. The fourth-order valence-corrected chi connectivity index (χ4v) is 1.27. The lowest BCUT2D eigenvalue weighted by Gasteiger charge is -2.03. The van der Waals surface area contributed by atoms with Gasteiger partial charge in [0.1, 0.15) is 0 Å². The number of nitrogens with two attached hydrogens (primary N) is 1. The molecule has 0 atom stereocenters. The van der Waals surface area contributed by atoms with Crippen LogP contribution in [-0.4, -0.2) is 16.7 Å². The van der Waals surface area contributed by atoms with Crippen molar-refractivity contribution in [3.63, 3.8) is 0 Å². The van der Waals surface area contributed by atoms with Crippen LogP contribution in [0.4, 0.5) is 0 Å². The third-order valence-corrected chi connectivity index (χ3v) is 2.48. The molecule has 1 aromatic rings. The molecule has 0 radical (unpaired) electrons. The van der Waals surface area contributed by atoms with Gasteiger partial charge >= 0.3 is 0 Å². The fraction of sp³-hybridized carbons (Fsp3) is 0.750. The lowest BCUT2D eigenvalue weighted by Crippen LogP contribution is -2.20. The van der Waals surface area contributed by atoms with E-state index in [1.807, 2.05) is 6.92 Å². The molecule has 1 heterocycles. The molecular formula is C8H13N3O. The fourth-order valence-electron chi connectivity index (χ4n) is 1.27. The second-order valence-corrected chi connectivity index (χ2v) is 3.35. The van der Waals surface area contributed by atoms with E-state index in [1.54, 1.807) is 0 Å². The monoisotopic (exact) mass is 167 g/mol. The highest BCUT2D eigenvalue weighted by atomic mass is 16.5. The smallest absolute Gasteiger partial charge is 0.234 e. The lowest BCUT2D eigenvalue weighted by atomic mass is 10.1. The Morgan fingerprint density at radius 1 is 1.58 bits per heavy atom. The van der Waals surface area contributed by atoms with E-state index in [4.69, 9.17) is 10.3 Å². The quantitative estimate of drug-likeness (QED) is 0.716. The summed E-state index contributed by atoms with van der Waals surface area (Å²) in [6, 6.07) is 0. The predicted molar refractivity (Wildman–Crippen MR) is 43.6 cm³/mol. The van der Waals surface area contributed by atoms with Crippen molar-refractivity contribution in [3.05, 3.63) is 11.7 Å². The molecule has 12 heavy (non-hydrogen) atoms. The second kappa shape index (κ2) is 2.55. The number of hydrogen-bond donors (Lipinski definition) is 1. The second-order valence-electron chi connectivity index (χ2n) is 3.35. The van der Waals surface area contributed by atoms with Gasteiger partial charge in [-0.3, -0.25) is 0 Å². The van der Waals surface area contributed by atoms with Gasteiger partial charge in [0.25, 0.3) is 0 Å². The maximum Gasteiger partial charge on any atom is 0.234 e. The third-order valence-electron chi connectivity index (χ3n) is 2.48. The highest BCUT2D eigenvalue weighted by Crippen LogP contribution is 2.46. The normalized spacial score (nSPS) is 19.5. The summed E-state index contributed by atoms with van der Waals surface area (Å²) in [4.78, 5) is 4.28. The largest absolute Gasteiger partial charge is 0.339 e. The average molecular weight is 167 g/mol. The average Bonchev–Trinajstić information content (AvgIpc) is 2.77. The third kappa shape index (κ3) is 1.03. The van der Waals surface area contributed by atoms with Gasteiger partial charge in [-0.2, -0.15) is 4.98 Å². The van der Waals surface area contributed by atoms with Crippen molar-refractivity contribution in [2.24, 2.45) is 5.73 Å². The topological polar surface area (TPSA) is 64.9 Å². The van der Waals surface area contributed by atoms with Crippen molar-refractivity contribution >= 4 is 0 Å². The SMILES string of the molecule is CCc1noc(C2(CN)CC2)n1. The highest BCUT2D eigenvalue weighted by Gasteiger charge is 2.48. The maximum absolute atomic E-state index is 5.62. The van der Waals surface area contributed by atoms with Gasteiger partial charge in [0, 0.05) is 13.0 Å². The van der Waals surface area contributed by atoms with E-state index >= 15 is 0 Å². The standard InChI is InChI=1S/C8H13N3O/c1-2-6-10-7(12-11-6)8(5-9)3-4-8/h2-5,9H2,1H3. The zero-order valence-electron chi connectivity index (χ0n) is 7.21. The molecule has 1 aliphatic carbocycles. The molecule has 1 fully saturated rings. The van der Waals surface area contributed by atoms with Crippen molar-refractivity contribution in [1.82, 2.24) is 10.1 Å². The Labute approximate surface area is 71.1 Å². The molecule has 2 N–H and O–H groups in total. The van der Waals surface area contributed by atoms with Crippen LogP contribution < -0.4 is 5.73 Å². The van der Waals surface area contributed by atoms with Crippen LogP contribution in [0.2, 0.25) is 0 Å². The van der Waals surface area contributed by atoms with Gasteiger partial charge < -0.3 is 10.3 Å². The Morgan fingerprint density at radius 2 is 2.33 bits per heavy atom. The summed E-state index contributed by atoms with van der Waals surface area (Å²) in [5, 5.41) is 3.85. The van der Waals surface area contributed by atoms with Gasteiger partial charge in [0.15, 0.2) is 5.82 Å². The first-order valence-electron chi connectivity index (χ1n) is 4.34. The summed E-state index contributed by atoms with van der Waals surface area (Å²) < 4.78 is 5.13. The minimum atomic E-state index is 0.0421. The van der Waals surface area contributed by atoms with Crippen molar-refractivity contribution in [3.8, 4) is 0 Å². The Balaban J connectivity index is 2.23. The van der Waals surface area contributed by atoms with Crippen LogP contribution >= 0.6 is 0 Å². The van der Waals surface area contributed by atoms with Crippen molar-refractivity contribution in [2.75, 3.05) is 6.54 Å². The van der Waals surface area contributed by atoms with Crippen LogP contribution in [-0.2, 0) is 11.8 Å². The molecule has 0 unspecified atom stereocenters. The van der Waals surface area contributed by atoms with Crippen LogP contribution in [0, 0.1) is 0 Å². The number of nitrogens with zero attached hydrogens (tertiary/aromatic N) is 2. The molecule has 0 spiro atoms. The molecule has 2 rings (SSSR count). The molecule has 0 aromatic carbocycles. The molecule has 0 amide bonds. The molecule has 66 valence electrons. The Morgan fingerprint density at radius 3 is 2.75 bits per heavy atom. The van der Waals surface area contributed by atoms with Gasteiger partial charge in [-0.05, 0) is 12.8 Å². The van der Waals surface area contributed by atoms with Crippen LogP contribution in [0.15, 0.2) is 4.52 Å². The number of aryl methyl sites for hydroxylation is 1. The first-order valence-corrected chi connectivity index (χ1v) is 4.34. The maximum atomic E-state index is 5.62. The molecular weight excluding hydrogens is 154 g/mol. The van der Waals surface area contributed by atoms with E-state index in [2.05, 4.69) is 10.1 Å². The number of aromatic nitrogens is 2. The highest BCUT2D eigenvalue weighted by molar-refractivity contribution is 5.16. The van der Waals surface area contributed by atoms with Crippen molar-refractivity contribution in [2.45, 2.75) is 31.6 Å². The molecule has 0 bridgehead atoms. The Kier molecular flexibility index (Phi) is 1.65. The zero-order chi connectivity index (χ0) is 8.60.